The third-order valence-corrected chi connectivity index (χ3v) is 3.73. The Morgan fingerprint density at radius 3 is 2.12 bits per heavy atom. The van der Waals surface area contributed by atoms with Crippen molar-refractivity contribution in [3.8, 4) is 0 Å². The molecular formula is C15H14BrF4N3O3. The molecule has 0 aliphatic carbocycles. The molecule has 0 aliphatic rings. The number of azide groups is 1. The molecule has 0 bridgehead atoms. The maximum absolute atomic E-state index is 13.8. The molecule has 0 amide bonds. The molecule has 6 nitrogen and oxygen atoms in total. The summed E-state index contributed by atoms with van der Waals surface area (Å²) in [7, 11) is 0. The summed E-state index contributed by atoms with van der Waals surface area (Å²) in [5.41, 5.74) is 5.07. The van der Waals surface area contributed by atoms with E-state index in [4.69, 9.17) is 5.53 Å². The van der Waals surface area contributed by atoms with E-state index in [0.29, 0.717) is 6.42 Å². The molecule has 0 radical (unpaired) electrons. The van der Waals surface area contributed by atoms with Gasteiger partial charge in [0.15, 0.2) is 23.3 Å². The van der Waals surface area contributed by atoms with Crippen LogP contribution in [0.15, 0.2) is 5.11 Å². The number of nitrogens with zero attached hydrogens (tertiary/aromatic N) is 3. The van der Waals surface area contributed by atoms with E-state index >= 15 is 0 Å². The predicted molar refractivity (Wildman–Crippen MR) is 87.2 cm³/mol. The van der Waals surface area contributed by atoms with Crippen LogP contribution in [0.4, 0.5) is 23.2 Å². The molecule has 1 rings (SSSR count). The van der Waals surface area contributed by atoms with Crippen LogP contribution in [0.3, 0.4) is 0 Å². The lowest BCUT2D eigenvalue weighted by atomic mass is 10.0. The van der Waals surface area contributed by atoms with Crippen molar-refractivity contribution in [1.82, 2.24) is 0 Å². The third kappa shape index (κ3) is 5.18. The van der Waals surface area contributed by atoms with Crippen LogP contribution in [0.5, 0.6) is 0 Å². The van der Waals surface area contributed by atoms with Gasteiger partial charge < -0.3 is 4.74 Å². The minimum atomic E-state index is -2.02. The second-order valence-electron chi connectivity index (χ2n) is 5.66. The molecule has 0 saturated heterocycles. The number of ketones is 1. The van der Waals surface area contributed by atoms with Crippen molar-refractivity contribution < 1.29 is 31.9 Å². The summed E-state index contributed by atoms with van der Waals surface area (Å²) in [5.74, 6) is -9.74. The monoisotopic (exact) mass is 439 g/mol. The number of esters is 1. The quantitative estimate of drug-likeness (QED) is 0.0808. The molecule has 11 heteroatoms. The van der Waals surface area contributed by atoms with Crippen molar-refractivity contribution >= 4 is 33.4 Å². The summed E-state index contributed by atoms with van der Waals surface area (Å²) in [6.07, 6.45) is 0.721. The Balaban J connectivity index is 2.77. The maximum atomic E-state index is 13.8. The fourth-order valence-corrected chi connectivity index (χ4v) is 2.05. The molecule has 0 aromatic heterocycles. The lowest BCUT2D eigenvalue weighted by molar-refractivity contribution is -0.120. The Labute approximate surface area is 154 Å². The summed E-state index contributed by atoms with van der Waals surface area (Å²) in [5, 5.41) is 2.51. The van der Waals surface area contributed by atoms with Gasteiger partial charge in [-0.25, -0.2) is 22.4 Å². The molecule has 0 N–H and O–H groups in total. The standard InChI is InChI=1S/C15H14BrF4N3O3/c1-15(2,16)7(24)5-3-4-6-26-14(25)8-9(17)11(19)13(22-23-21)12(20)10(8)18/h3-6H2,1-2H3. The van der Waals surface area contributed by atoms with Crippen molar-refractivity contribution in [2.24, 2.45) is 5.11 Å². The molecule has 0 spiro atoms. The fourth-order valence-electron chi connectivity index (χ4n) is 1.85. The zero-order chi connectivity index (χ0) is 20.1. The van der Waals surface area contributed by atoms with Crippen LogP contribution >= 0.6 is 15.9 Å². The average molecular weight is 440 g/mol. The van der Waals surface area contributed by atoms with Gasteiger partial charge in [-0.15, -0.1) is 0 Å². The van der Waals surface area contributed by atoms with Crippen LogP contribution in [0, 0.1) is 23.3 Å². The Bertz CT molecular complexity index is 745. The molecule has 0 aliphatic heterocycles. The SMILES string of the molecule is CC(C)(Br)C(=O)CCCCOC(=O)c1c(F)c(F)c(N=[N+]=[N-])c(F)c1F. The Morgan fingerprint density at radius 2 is 1.65 bits per heavy atom. The number of carbonyl (C=O) groups excluding carboxylic acids is 2. The molecule has 0 unspecified atom stereocenters. The maximum Gasteiger partial charge on any atom is 0.344 e. The normalized spacial score (nSPS) is 11.0. The highest BCUT2D eigenvalue weighted by molar-refractivity contribution is 9.10. The zero-order valence-corrected chi connectivity index (χ0v) is 15.4. The number of Topliss-reactive ketones (excluding diaryl/α,β-unsaturated/α-hetero) is 1. The van der Waals surface area contributed by atoms with Crippen LogP contribution in [-0.2, 0) is 9.53 Å². The summed E-state index contributed by atoms with van der Waals surface area (Å²) in [6.45, 7) is 3.03. The average Bonchev–Trinajstić information content (AvgIpc) is 2.55. The van der Waals surface area contributed by atoms with Crippen LogP contribution in [0.1, 0.15) is 43.5 Å². The van der Waals surface area contributed by atoms with E-state index in [0.717, 1.165) is 0 Å². The zero-order valence-electron chi connectivity index (χ0n) is 13.8. The number of rotatable bonds is 8. The van der Waals surface area contributed by atoms with E-state index in [-0.39, 0.29) is 25.2 Å². The van der Waals surface area contributed by atoms with Crippen molar-refractivity contribution in [3.63, 3.8) is 0 Å². The van der Waals surface area contributed by atoms with Gasteiger partial charge in [0.25, 0.3) is 0 Å². The van der Waals surface area contributed by atoms with Crippen LogP contribution in [0.25, 0.3) is 10.4 Å². The molecule has 142 valence electrons. The lowest BCUT2D eigenvalue weighted by Crippen LogP contribution is -2.23. The fraction of sp³-hybridized carbons (Fsp3) is 0.467. The number of benzene rings is 1. The topological polar surface area (TPSA) is 92.1 Å². The largest absolute Gasteiger partial charge is 0.462 e. The van der Waals surface area contributed by atoms with E-state index < -0.39 is 44.8 Å². The van der Waals surface area contributed by atoms with Gasteiger partial charge in [0.1, 0.15) is 17.0 Å². The first-order valence-corrected chi connectivity index (χ1v) is 8.12. The summed E-state index contributed by atoms with van der Waals surface area (Å²) in [4.78, 5) is 25.4. The van der Waals surface area contributed by atoms with E-state index in [1.165, 1.54) is 0 Å². The highest BCUT2D eigenvalue weighted by Crippen LogP contribution is 2.30. The van der Waals surface area contributed by atoms with Gasteiger partial charge in [-0.05, 0) is 32.2 Å². The smallest absolute Gasteiger partial charge is 0.344 e. The number of ether oxygens (including phenoxy) is 1. The van der Waals surface area contributed by atoms with E-state index in [1.54, 1.807) is 13.8 Å². The van der Waals surface area contributed by atoms with Crippen LogP contribution in [0.2, 0.25) is 0 Å². The van der Waals surface area contributed by atoms with Gasteiger partial charge in [0, 0.05) is 11.3 Å². The highest BCUT2D eigenvalue weighted by Gasteiger charge is 2.30. The first kappa shape index (κ1) is 21.9. The number of hydrogen-bond acceptors (Lipinski definition) is 4. The van der Waals surface area contributed by atoms with E-state index in [2.05, 4.69) is 30.7 Å². The molecule has 0 atom stereocenters. The van der Waals surface area contributed by atoms with Crippen molar-refractivity contribution in [2.45, 2.75) is 37.4 Å². The molecule has 1 aromatic rings. The first-order valence-electron chi connectivity index (χ1n) is 7.32. The molecule has 1 aromatic carbocycles. The summed E-state index contributed by atoms with van der Waals surface area (Å²) in [6, 6.07) is 0. The van der Waals surface area contributed by atoms with Gasteiger partial charge in [0.2, 0.25) is 0 Å². The minimum Gasteiger partial charge on any atom is -0.462 e. The Morgan fingerprint density at radius 1 is 1.12 bits per heavy atom. The second-order valence-corrected chi connectivity index (χ2v) is 7.64. The van der Waals surface area contributed by atoms with Crippen molar-refractivity contribution in [1.29, 1.82) is 0 Å². The Hall–Kier alpha value is -2.13. The van der Waals surface area contributed by atoms with Gasteiger partial charge in [-0.2, -0.15) is 0 Å². The van der Waals surface area contributed by atoms with Gasteiger partial charge >= 0.3 is 5.97 Å². The molecule has 0 saturated carbocycles. The first-order chi connectivity index (χ1) is 12.0. The second kappa shape index (κ2) is 9.00. The number of halogens is 5. The predicted octanol–water partition coefficient (Wildman–Crippen LogP) is 5.25. The van der Waals surface area contributed by atoms with E-state index in [1.807, 2.05) is 0 Å². The molecule has 26 heavy (non-hydrogen) atoms. The Kier molecular flexibility index (Phi) is 7.58. The molecular weight excluding hydrogens is 426 g/mol. The van der Waals surface area contributed by atoms with Gasteiger partial charge in [-0.1, -0.05) is 21.0 Å². The van der Waals surface area contributed by atoms with Crippen LogP contribution < -0.4 is 0 Å². The number of carbonyl (C=O) groups is 2. The van der Waals surface area contributed by atoms with Gasteiger partial charge in [-0.3, -0.25) is 4.79 Å². The van der Waals surface area contributed by atoms with E-state index in [9.17, 15) is 27.2 Å². The summed E-state index contributed by atoms with van der Waals surface area (Å²) < 4.78 is 58.6. The third-order valence-electron chi connectivity index (χ3n) is 3.28. The lowest BCUT2D eigenvalue weighted by Gasteiger charge is -2.14. The molecule has 0 fully saturated rings. The van der Waals surface area contributed by atoms with Crippen LogP contribution in [-0.4, -0.2) is 22.7 Å². The van der Waals surface area contributed by atoms with Crippen molar-refractivity contribution in [3.05, 3.63) is 39.3 Å². The van der Waals surface area contributed by atoms with Gasteiger partial charge in [0.05, 0.1) is 10.9 Å². The van der Waals surface area contributed by atoms with Crippen molar-refractivity contribution in [2.75, 3.05) is 6.61 Å². The highest BCUT2D eigenvalue weighted by atomic mass is 79.9. The number of hydrogen-bond donors (Lipinski definition) is 0. The number of unbranched alkanes of at least 4 members (excludes halogenated alkanes) is 1. The number of alkyl halides is 1. The molecule has 0 heterocycles. The minimum absolute atomic E-state index is 0.0845. The summed E-state index contributed by atoms with van der Waals surface area (Å²) >= 11 is 3.19.